The summed E-state index contributed by atoms with van der Waals surface area (Å²) in [5, 5.41) is 21.6. The maximum absolute atomic E-state index is 12.0. The molecule has 114 valence electrons. The molecule has 0 aromatic rings. The van der Waals surface area contributed by atoms with Crippen LogP contribution in [-0.4, -0.2) is 58.3 Å². The van der Waals surface area contributed by atoms with Crippen molar-refractivity contribution in [3.8, 4) is 0 Å². The Morgan fingerprint density at radius 2 is 1.90 bits per heavy atom. The summed E-state index contributed by atoms with van der Waals surface area (Å²) in [4.78, 5) is 24.6. The van der Waals surface area contributed by atoms with Gasteiger partial charge in [0.05, 0.1) is 12.6 Å². The second-order valence-electron chi connectivity index (χ2n) is 6.20. The minimum Gasteiger partial charge on any atom is -0.480 e. The molecule has 3 N–H and O–H groups in total. The monoisotopic (exact) mass is 284 g/mol. The molecule has 0 aromatic heterocycles. The van der Waals surface area contributed by atoms with Gasteiger partial charge in [-0.3, -0.25) is 14.5 Å². The van der Waals surface area contributed by atoms with E-state index < -0.39 is 18.1 Å². The lowest BCUT2D eigenvalue weighted by Crippen LogP contribution is -2.46. The highest BCUT2D eigenvalue weighted by atomic mass is 16.4. The van der Waals surface area contributed by atoms with E-state index in [1.54, 1.807) is 4.90 Å². The van der Waals surface area contributed by atoms with E-state index in [-0.39, 0.29) is 31.5 Å². The molecular formula is C14H24N2O4. The number of aliphatic hydroxyl groups excluding tert-OH is 1. The topological polar surface area (TPSA) is 89.9 Å². The molecule has 6 nitrogen and oxygen atoms in total. The Morgan fingerprint density at radius 3 is 2.50 bits per heavy atom. The lowest BCUT2D eigenvalue weighted by molar-refractivity contribution is -0.142. The van der Waals surface area contributed by atoms with Crippen molar-refractivity contribution >= 4 is 11.9 Å². The van der Waals surface area contributed by atoms with Gasteiger partial charge in [0.15, 0.2) is 0 Å². The number of β-amino-alcohol motifs (C(OH)–C–C–N with tert-alkyl or cyclic N) is 1. The van der Waals surface area contributed by atoms with Gasteiger partial charge >= 0.3 is 5.97 Å². The highest BCUT2D eigenvalue weighted by Crippen LogP contribution is 2.23. The molecule has 1 saturated carbocycles. The lowest BCUT2D eigenvalue weighted by Gasteiger charge is -2.28. The summed E-state index contributed by atoms with van der Waals surface area (Å²) < 4.78 is 0. The molecule has 6 heteroatoms. The number of carboxylic acid groups (broad SMARTS) is 1. The molecule has 1 heterocycles. The molecule has 2 aliphatic rings. The summed E-state index contributed by atoms with van der Waals surface area (Å²) in [6, 6.07) is -0.531. The van der Waals surface area contributed by atoms with Crippen molar-refractivity contribution in [2.24, 2.45) is 5.92 Å². The number of rotatable bonds is 4. The lowest BCUT2D eigenvalue weighted by atomic mass is 9.87. The van der Waals surface area contributed by atoms with E-state index in [2.05, 4.69) is 12.2 Å². The van der Waals surface area contributed by atoms with Gasteiger partial charge in [0.2, 0.25) is 5.91 Å². The van der Waals surface area contributed by atoms with Crippen LogP contribution in [0.4, 0.5) is 0 Å². The van der Waals surface area contributed by atoms with E-state index in [9.17, 15) is 14.7 Å². The molecule has 2 rings (SSSR count). The molecule has 2 atom stereocenters. The third-order valence-electron chi connectivity index (χ3n) is 4.39. The summed E-state index contributed by atoms with van der Waals surface area (Å²) in [5.41, 5.74) is 0. The average Bonchev–Trinajstić information content (AvgIpc) is 2.73. The van der Waals surface area contributed by atoms with E-state index in [4.69, 9.17) is 5.11 Å². The van der Waals surface area contributed by atoms with Gasteiger partial charge < -0.3 is 15.5 Å². The van der Waals surface area contributed by atoms with Crippen LogP contribution in [0.1, 0.15) is 39.0 Å². The van der Waals surface area contributed by atoms with Gasteiger partial charge in [-0.05, 0) is 31.6 Å². The first-order valence-electron chi connectivity index (χ1n) is 7.40. The number of nitrogens with zero attached hydrogens (tertiary/aromatic N) is 1. The van der Waals surface area contributed by atoms with E-state index in [0.717, 1.165) is 31.6 Å². The van der Waals surface area contributed by atoms with Gasteiger partial charge in [-0.15, -0.1) is 0 Å². The predicted octanol–water partition coefficient (Wildman–Crippen LogP) is 0.201. The summed E-state index contributed by atoms with van der Waals surface area (Å²) in [6.07, 6.45) is 3.80. The molecule has 0 aromatic carbocycles. The first-order valence-corrected chi connectivity index (χ1v) is 7.40. The fourth-order valence-corrected chi connectivity index (χ4v) is 3.17. The predicted molar refractivity (Wildman–Crippen MR) is 73.2 cm³/mol. The highest BCUT2D eigenvalue weighted by molar-refractivity contribution is 5.80. The smallest absolute Gasteiger partial charge is 0.321 e. The molecule has 0 spiro atoms. The molecule has 1 aliphatic carbocycles. The average molecular weight is 284 g/mol. The van der Waals surface area contributed by atoms with Crippen LogP contribution < -0.4 is 5.32 Å². The van der Waals surface area contributed by atoms with Crippen molar-refractivity contribution in [2.45, 2.75) is 57.2 Å². The van der Waals surface area contributed by atoms with Crippen molar-refractivity contribution in [1.82, 2.24) is 10.2 Å². The van der Waals surface area contributed by atoms with E-state index >= 15 is 0 Å². The molecule has 1 aliphatic heterocycles. The van der Waals surface area contributed by atoms with Gasteiger partial charge in [0, 0.05) is 19.0 Å². The Kier molecular flexibility index (Phi) is 4.99. The first kappa shape index (κ1) is 15.3. The minimum atomic E-state index is -0.971. The molecule has 0 radical (unpaired) electrons. The zero-order valence-corrected chi connectivity index (χ0v) is 11.9. The van der Waals surface area contributed by atoms with Crippen LogP contribution in [0.25, 0.3) is 0 Å². The zero-order valence-electron chi connectivity index (χ0n) is 11.9. The fraction of sp³-hybridized carbons (Fsp3) is 0.857. The largest absolute Gasteiger partial charge is 0.480 e. The second kappa shape index (κ2) is 6.54. The maximum Gasteiger partial charge on any atom is 0.321 e. The minimum absolute atomic E-state index is 0.0556. The van der Waals surface area contributed by atoms with Crippen LogP contribution in [-0.2, 0) is 9.59 Å². The van der Waals surface area contributed by atoms with E-state index in [0.29, 0.717) is 0 Å². The number of likely N-dealkylation sites (tertiary alicyclic amines) is 1. The number of hydrogen-bond acceptors (Lipinski definition) is 4. The van der Waals surface area contributed by atoms with Crippen LogP contribution in [0.3, 0.4) is 0 Å². The third-order valence-corrected chi connectivity index (χ3v) is 4.39. The number of aliphatic hydroxyl groups is 1. The van der Waals surface area contributed by atoms with Gasteiger partial charge in [-0.2, -0.15) is 0 Å². The van der Waals surface area contributed by atoms with Crippen molar-refractivity contribution in [3.63, 3.8) is 0 Å². The maximum atomic E-state index is 12.0. The zero-order chi connectivity index (χ0) is 14.7. The Hall–Kier alpha value is -1.14. The number of carbonyl (C=O) groups excluding carboxylic acids is 1. The van der Waals surface area contributed by atoms with Crippen LogP contribution in [0.5, 0.6) is 0 Å². The molecule has 1 saturated heterocycles. The summed E-state index contributed by atoms with van der Waals surface area (Å²) in [6.45, 7) is 2.54. The molecule has 2 unspecified atom stereocenters. The number of amides is 1. The molecule has 2 fully saturated rings. The molecule has 1 amide bonds. The van der Waals surface area contributed by atoms with Crippen LogP contribution in [0, 0.1) is 5.92 Å². The standard InChI is InChI=1S/C14H24N2O4/c1-9-2-4-10(5-3-9)15-13(18)8-16-7-11(17)6-12(16)14(19)20/h9-12,17H,2-8H2,1H3,(H,15,18)(H,19,20). The van der Waals surface area contributed by atoms with Crippen LogP contribution in [0.15, 0.2) is 0 Å². The Bertz CT molecular complexity index is 366. The third kappa shape index (κ3) is 3.93. The summed E-state index contributed by atoms with van der Waals surface area (Å²) >= 11 is 0. The van der Waals surface area contributed by atoms with Crippen molar-refractivity contribution < 1.29 is 19.8 Å². The normalized spacial score (nSPS) is 34.9. The highest BCUT2D eigenvalue weighted by Gasteiger charge is 2.37. The number of nitrogens with one attached hydrogen (secondary N) is 1. The number of hydrogen-bond donors (Lipinski definition) is 3. The Balaban J connectivity index is 1.80. The van der Waals surface area contributed by atoms with Crippen molar-refractivity contribution in [1.29, 1.82) is 0 Å². The molecule has 0 bridgehead atoms. The van der Waals surface area contributed by atoms with Gasteiger partial charge in [0.1, 0.15) is 6.04 Å². The molecule has 20 heavy (non-hydrogen) atoms. The fourth-order valence-electron chi connectivity index (χ4n) is 3.17. The van der Waals surface area contributed by atoms with E-state index in [1.807, 2.05) is 0 Å². The van der Waals surface area contributed by atoms with Gasteiger partial charge in [0.25, 0.3) is 0 Å². The van der Waals surface area contributed by atoms with Crippen molar-refractivity contribution in [3.05, 3.63) is 0 Å². The Morgan fingerprint density at radius 1 is 1.25 bits per heavy atom. The van der Waals surface area contributed by atoms with E-state index in [1.165, 1.54) is 0 Å². The quantitative estimate of drug-likeness (QED) is 0.686. The van der Waals surface area contributed by atoms with Crippen LogP contribution >= 0.6 is 0 Å². The van der Waals surface area contributed by atoms with Gasteiger partial charge in [-0.25, -0.2) is 0 Å². The second-order valence-corrected chi connectivity index (χ2v) is 6.20. The molecular weight excluding hydrogens is 260 g/mol. The van der Waals surface area contributed by atoms with Gasteiger partial charge in [-0.1, -0.05) is 6.92 Å². The van der Waals surface area contributed by atoms with Crippen LogP contribution in [0.2, 0.25) is 0 Å². The number of carboxylic acids is 1. The Labute approximate surface area is 119 Å². The SMILES string of the molecule is CC1CCC(NC(=O)CN2CC(O)CC2C(=O)O)CC1. The number of carbonyl (C=O) groups is 2. The number of aliphatic carboxylic acids is 1. The first-order chi connectivity index (χ1) is 9.45. The van der Waals surface area contributed by atoms with Crippen molar-refractivity contribution in [2.75, 3.05) is 13.1 Å². The summed E-state index contributed by atoms with van der Waals surface area (Å²) in [7, 11) is 0. The summed E-state index contributed by atoms with van der Waals surface area (Å²) in [5.74, 6) is -0.376.